The van der Waals surface area contributed by atoms with Gasteiger partial charge in [0.25, 0.3) is 5.91 Å². The molecule has 2 aromatic carbocycles. The van der Waals surface area contributed by atoms with Crippen molar-refractivity contribution in [3.8, 4) is 5.75 Å². The van der Waals surface area contributed by atoms with Crippen LogP contribution in [0.4, 0.5) is 0 Å². The molecule has 0 saturated heterocycles. The molecule has 1 unspecified atom stereocenters. The van der Waals surface area contributed by atoms with E-state index >= 15 is 0 Å². The van der Waals surface area contributed by atoms with E-state index in [-0.39, 0.29) is 17.6 Å². The van der Waals surface area contributed by atoms with E-state index < -0.39 is 0 Å². The first-order valence-corrected chi connectivity index (χ1v) is 9.00. The van der Waals surface area contributed by atoms with Crippen molar-refractivity contribution in [1.82, 2.24) is 20.3 Å². The van der Waals surface area contributed by atoms with E-state index in [2.05, 4.69) is 15.6 Å². The number of rotatable bonds is 6. The largest absolute Gasteiger partial charge is 0.497 e. The van der Waals surface area contributed by atoms with Crippen LogP contribution in [-0.2, 0) is 6.54 Å². The molecule has 1 atom stereocenters. The lowest BCUT2D eigenvalue weighted by molar-refractivity contribution is 0.0934. The van der Waals surface area contributed by atoms with Gasteiger partial charge in [-0.2, -0.15) is 0 Å². The minimum Gasteiger partial charge on any atom is -0.497 e. The van der Waals surface area contributed by atoms with Crippen LogP contribution in [0, 0.1) is 0 Å². The van der Waals surface area contributed by atoms with Gasteiger partial charge in [0.15, 0.2) is 5.69 Å². The van der Waals surface area contributed by atoms with E-state index in [0.29, 0.717) is 16.6 Å². The maximum Gasteiger partial charge on any atom is 0.273 e. The Balaban J connectivity index is 1.64. The molecule has 3 aromatic rings. The molecule has 0 saturated carbocycles. The number of benzene rings is 2. The quantitative estimate of drug-likeness (QED) is 0.670. The predicted octanol–water partition coefficient (Wildman–Crippen LogP) is 4.13. The normalized spacial score (nSPS) is 11.9. The van der Waals surface area contributed by atoms with Gasteiger partial charge in [0.05, 0.1) is 35.9 Å². The number of amides is 1. The molecule has 3 rings (SSSR count). The van der Waals surface area contributed by atoms with Crippen LogP contribution < -0.4 is 10.1 Å². The maximum absolute atomic E-state index is 12.4. The zero-order valence-corrected chi connectivity index (χ0v) is 16.3. The minimum atomic E-state index is -0.311. The second kappa shape index (κ2) is 8.41. The molecule has 140 valence electrons. The fourth-order valence-corrected chi connectivity index (χ4v) is 2.84. The molecule has 1 N–H and O–H groups in total. The van der Waals surface area contributed by atoms with Crippen LogP contribution in [-0.4, -0.2) is 28.0 Å². The highest BCUT2D eigenvalue weighted by atomic mass is 35.5. The second-order valence-electron chi connectivity index (χ2n) is 6.02. The van der Waals surface area contributed by atoms with Crippen LogP contribution >= 0.6 is 23.2 Å². The molecule has 8 heteroatoms. The Kier molecular flexibility index (Phi) is 5.98. The smallest absolute Gasteiger partial charge is 0.273 e. The highest BCUT2D eigenvalue weighted by molar-refractivity contribution is 6.42. The van der Waals surface area contributed by atoms with Crippen LogP contribution in [0.25, 0.3) is 0 Å². The molecule has 6 nitrogen and oxygen atoms in total. The number of methoxy groups -OCH3 is 1. The van der Waals surface area contributed by atoms with Gasteiger partial charge in [-0.05, 0) is 42.3 Å². The second-order valence-corrected chi connectivity index (χ2v) is 6.83. The number of nitrogens with zero attached hydrogens (tertiary/aromatic N) is 3. The maximum atomic E-state index is 12.4. The molecule has 0 aliphatic rings. The van der Waals surface area contributed by atoms with Gasteiger partial charge in [0.2, 0.25) is 0 Å². The molecule has 1 heterocycles. The average Bonchev–Trinajstić information content (AvgIpc) is 3.13. The summed E-state index contributed by atoms with van der Waals surface area (Å²) >= 11 is 12.0. The average molecular weight is 405 g/mol. The molecule has 0 fully saturated rings. The fourth-order valence-electron chi connectivity index (χ4n) is 2.53. The number of carbonyl (C=O) groups excluding carboxylic acids is 1. The fraction of sp³-hybridized carbons (Fsp3) is 0.211. The van der Waals surface area contributed by atoms with Crippen molar-refractivity contribution in [2.45, 2.75) is 19.5 Å². The number of hydrogen-bond donors (Lipinski definition) is 1. The van der Waals surface area contributed by atoms with Gasteiger partial charge < -0.3 is 10.1 Å². The Bertz CT molecular complexity index is 941. The van der Waals surface area contributed by atoms with Gasteiger partial charge in [0, 0.05) is 0 Å². The summed E-state index contributed by atoms with van der Waals surface area (Å²) in [5.74, 6) is 0.475. The Morgan fingerprint density at radius 3 is 2.59 bits per heavy atom. The summed E-state index contributed by atoms with van der Waals surface area (Å²) in [5.41, 5.74) is 2.12. The minimum absolute atomic E-state index is 0.246. The number of halogens is 2. The summed E-state index contributed by atoms with van der Waals surface area (Å²) in [6.07, 6.45) is 1.61. The van der Waals surface area contributed by atoms with Gasteiger partial charge in [-0.15, -0.1) is 5.10 Å². The number of carbonyl (C=O) groups is 1. The lowest BCUT2D eigenvalue weighted by atomic mass is 10.1. The van der Waals surface area contributed by atoms with E-state index in [1.54, 1.807) is 30.1 Å². The third kappa shape index (κ3) is 4.78. The third-order valence-corrected chi connectivity index (χ3v) is 4.81. The third-order valence-electron chi connectivity index (χ3n) is 4.07. The predicted molar refractivity (Wildman–Crippen MR) is 104 cm³/mol. The van der Waals surface area contributed by atoms with Crippen molar-refractivity contribution >= 4 is 29.1 Å². The van der Waals surface area contributed by atoms with Crippen LogP contribution in [0.5, 0.6) is 5.75 Å². The highest BCUT2D eigenvalue weighted by Gasteiger charge is 2.15. The van der Waals surface area contributed by atoms with Crippen LogP contribution in [0.3, 0.4) is 0 Å². The zero-order valence-electron chi connectivity index (χ0n) is 14.8. The molecular weight excluding hydrogens is 387 g/mol. The van der Waals surface area contributed by atoms with Crippen LogP contribution in [0.2, 0.25) is 10.0 Å². The number of aromatic nitrogens is 3. The molecule has 0 aliphatic carbocycles. The first kappa shape index (κ1) is 19.2. The molecule has 0 bridgehead atoms. The molecule has 0 radical (unpaired) electrons. The molecule has 27 heavy (non-hydrogen) atoms. The van der Waals surface area contributed by atoms with Crippen molar-refractivity contribution < 1.29 is 9.53 Å². The van der Waals surface area contributed by atoms with E-state index in [1.807, 2.05) is 37.3 Å². The summed E-state index contributed by atoms with van der Waals surface area (Å²) in [6, 6.07) is 12.6. The lowest BCUT2D eigenvalue weighted by Crippen LogP contribution is -2.27. The summed E-state index contributed by atoms with van der Waals surface area (Å²) < 4.78 is 6.75. The van der Waals surface area contributed by atoms with E-state index in [9.17, 15) is 4.79 Å². The number of nitrogens with one attached hydrogen (secondary N) is 1. The summed E-state index contributed by atoms with van der Waals surface area (Å²) in [4.78, 5) is 12.4. The first-order chi connectivity index (χ1) is 13.0. The van der Waals surface area contributed by atoms with Crippen LogP contribution in [0.1, 0.15) is 34.6 Å². The van der Waals surface area contributed by atoms with Crippen molar-refractivity contribution in [1.29, 1.82) is 0 Å². The Morgan fingerprint density at radius 2 is 1.93 bits per heavy atom. The van der Waals surface area contributed by atoms with Crippen LogP contribution in [0.15, 0.2) is 48.7 Å². The number of ether oxygens (including phenoxy) is 1. The van der Waals surface area contributed by atoms with Gasteiger partial charge in [0.1, 0.15) is 5.75 Å². The van der Waals surface area contributed by atoms with Gasteiger partial charge >= 0.3 is 0 Å². The molecule has 1 amide bonds. The number of hydrogen-bond acceptors (Lipinski definition) is 4. The van der Waals surface area contributed by atoms with Gasteiger partial charge in [-0.1, -0.05) is 46.6 Å². The monoisotopic (exact) mass is 404 g/mol. The zero-order chi connectivity index (χ0) is 19.4. The first-order valence-electron chi connectivity index (χ1n) is 8.25. The Hall–Kier alpha value is -2.57. The summed E-state index contributed by atoms with van der Waals surface area (Å²) in [7, 11) is 1.62. The van der Waals surface area contributed by atoms with E-state index in [0.717, 1.165) is 16.9 Å². The van der Waals surface area contributed by atoms with Gasteiger partial charge in [-0.3, -0.25) is 4.79 Å². The van der Waals surface area contributed by atoms with E-state index in [1.165, 1.54) is 0 Å². The van der Waals surface area contributed by atoms with Crippen molar-refractivity contribution in [2.24, 2.45) is 0 Å². The Morgan fingerprint density at radius 1 is 1.19 bits per heavy atom. The highest BCUT2D eigenvalue weighted by Crippen LogP contribution is 2.25. The Labute approximate surface area is 167 Å². The van der Waals surface area contributed by atoms with Crippen molar-refractivity contribution in [2.75, 3.05) is 7.11 Å². The van der Waals surface area contributed by atoms with Gasteiger partial charge in [-0.25, -0.2) is 4.68 Å². The van der Waals surface area contributed by atoms with Crippen molar-refractivity contribution in [3.63, 3.8) is 0 Å². The molecule has 0 spiro atoms. The summed E-state index contributed by atoms with van der Waals surface area (Å²) in [5, 5.41) is 11.8. The molecular formula is C19H18Cl2N4O2. The summed E-state index contributed by atoms with van der Waals surface area (Å²) in [6.45, 7) is 2.37. The standard InChI is InChI=1S/C19H18Cl2N4O2/c1-12(14-5-8-16(20)17(21)9-14)22-19(26)18-11-25(24-23-18)10-13-3-6-15(27-2)7-4-13/h3-9,11-12H,10H2,1-2H3,(H,22,26). The molecule has 0 aliphatic heterocycles. The van der Waals surface area contributed by atoms with E-state index in [4.69, 9.17) is 27.9 Å². The lowest BCUT2D eigenvalue weighted by Gasteiger charge is -2.14. The SMILES string of the molecule is COc1ccc(Cn2cc(C(=O)NC(C)c3ccc(Cl)c(Cl)c3)nn2)cc1. The molecule has 1 aromatic heterocycles. The van der Waals surface area contributed by atoms with Crippen molar-refractivity contribution in [3.05, 3.63) is 75.5 Å². The topological polar surface area (TPSA) is 69.0 Å².